The smallest absolute Gasteiger partial charge is 0.207 e. The Hall–Kier alpha value is -1.24. The van der Waals surface area contributed by atoms with Crippen molar-refractivity contribution in [3.63, 3.8) is 0 Å². The van der Waals surface area contributed by atoms with Crippen molar-refractivity contribution in [2.24, 2.45) is 0 Å². The molecule has 1 unspecified atom stereocenters. The predicted octanol–water partition coefficient (Wildman–Crippen LogP) is 4.55. The van der Waals surface area contributed by atoms with Crippen molar-refractivity contribution in [1.82, 2.24) is 4.31 Å². The monoisotopic (exact) mass is 411 g/mol. The first-order valence-electron chi connectivity index (χ1n) is 7.98. The topological polar surface area (TPSA) is 37.4 Å². The lowest BCUT2D eigenvalue weighted by Gasteiger charge is -2.24. The molecule has 1 atom stereocenters. The van der Waals surface area contributed by atoms with Gasteiger partial charge in [0.25, 0.3) is 0 Å². The zero-order valence-corrected chi connectivity index (χ0v) is 15.6. The Morgan fingerprint density at radius 1 is 1.00 bits per heavy atom. The van der Waals surface area contributed by atoms with E-state index >= 15 is 0 Å². The normalized spacial score (nSPS) is 19.8. The second-order valence-electron chi connectivity index (χ2n) is 6.06. The summed E-state index contributed by atoms with van der Waals surface area (Å²) in [6.07, 6.45) is 2.72. The number of hydrogen-bond acceptors (Lipinski definition) is 2. The van der Waals surface area contributed by atoms with Crippen molar-refractivity contribution in [3.05, 3.63) is 64.4 Å². The summed E-state index contributed by atoms with van der Waals surface area (Å²) in [6.45, 7) is 0.958. The predicted molar refractivity (Wildman–Crippen MR) is 95.9 cm³/mol. The van der Waals surface area contributed by atoms with E-state index in [1.54, 1.807) is 40.7 Å². The van der Waals surface area contributed by atoms with Crippen molar-refractivity contribution < 1.29 is 12.8 Å². The number of halogens is 2. The number of rotatable bonds is 3. The average molecular weight is 412 g/mol. The highest BCUT2D eigenvalue weighted by Gasteiger charge is 2.29. The van der Waals surface area contributed by atoms with Gasteiger partial charge in [-0.3, -0.25) is 0 Å². The Morgan fingerprint density at radius 2 is 1.67 bits per heavy atom. The molecule has 0 aliphatic carbocycles. The van der Waals surface area contributed by atoms with Crippen molar-refractivity contribution in [1.29, 1.82) is 0 Å². The molecular formula is C18H19BrFNO2S. The van der Waals surface area contributed by atoms with Crippen LogP contribution in [0.5, 0.6) is 0 Å². The molecule has 3 nitrogen and oxygen atoms in total. The summed E-state index contributed by atoms with van der Waals surface area (Å²) < 4.78 is 41.4. The highest BCUT2D eigenvalue weighted by molar-refractivity contribution is 9.10. The summed E-state index contributed by atoms with van der Waals surface area (Å²) in [4.78, 5) is 0.311. The molecule has 1 aliphatic rings. The molecule has 0 aromatic heterocycles. The molecule has 128 valence electrons. The third-order valence-electron chi connectivity index (χ3n) is 4.43. The first-order chi connectivity index (χ1) is 11.5. The largest absolute Gasteiger partial charge is 0.243 e. The Kier molecular flexibility index (Phi) is 5.37. The zero-order valence-electron chi connectivity index (χ0n) is 13.2. The van der Waals surface area contributed by atoms with Crippen LogP contribution in [0.15, 0.2) is 57.9 Å². The van der Waals surface area contributed by atoms with E-state index in [-0.39, 0.29) is 11.7 Å². The maximum absolute atomic E-state index is 13.1. The first kappa shape index (κ1) is 17.6. The second kappa shape index (κ2) is 7.33. The molecular weight excluding hydrogens is 393 g/mol. The van der Waals surface area contributed by atoms with Gasteiger partial charge in [-0.25, -0.2) is 12.8 Å². The first-order valence-corrected chi connectivity index (χ1v) is 10.2. The SMILES string of the molecule is O=S(=O)(c1ccc(Br)cc1)N1CCCCC(c2ccc(F)cc2)C1. The van der Waals surface area contributed by atoms with Crippen LogP contribution >= 0.6 is 15.9 Å². The molecule has 0 spiro atoms. The van der Waals surface area contributed by atoms with Gasteiger partial charge in [0.1, 0.15) is 5.82 Å². The van der Waals surface area contributed by atoms with Gasteiger partial charge < -0.3 is 0 Å². The highest BCUT2D eigenvalue weighted by atomic mass is 79.9. The summed E-state index contributed by atoms with van der Waals surface area (Å²) >= 11 is 3.33. The Balaban J connectivity index is 1.86. The van der Waals surface area contributed by atoms with E-state index in [4.69, 9.17) is 0 Å². The van der Waals surface area contributed by atoms with E-state index in [1.807, 2.05) is 0 Å². The van der Waals surface area contributed by atoms with Crippen LogP contribution in [-0.4, -0.2) is 25.8 Å². The van der Waals surface area contributed by atoms with Gasteiger partial charge in [0.05, 0.1) is 4.90 Å². The van der Waals surface area contributed by atoms with Gasteiger partial charge >= 0.3 is 0 Å². The van der Waals surface area contributed by atoms with E-state index in [0.717, 1.165) is 29.3 Å². The minimum atomic E-state index is -3.51. The highest BCUT2D eigenvalue weighted by Crippen LogP contribution is 2.30. The van der Waals surface area contributed by atoms with Gasteiger partial charge in [0.15, 0.2) is 0 Å². The molecule has 0 bridgehead atoms. The Bertz CT molecular complexity index is 791. The number of sulfonamides is 1. The van der Waals surface area contributed by atoms with E-state index in [2.05, 4.69) is 15.9 Å². The number of hydrogen-bond donors (Lipinski definition) is 0. The van der Waals surface area contributed by atoms with Gasteiger partial charge in [0, 0.05) is 17.6 Å². The van der Waals surface area contributed by atoms with Crippen LogP contribution in [0.1, 0.15) is 30.7 Å². The van der Waals surface area contributed by atoms with Crippen molar-refractivity contribution in [2.45, 2.75) is 30.1 Å². The maximum atomic E-state index is 13.1. The summed E-state index contributed by atoms with van der Waals surface area (Å²) in [5, 5.41) is 0. The molecule has 0 amide bonds. The van der Waals surface area contributed by atoms with Gasteiger partial charge in [-0.2, -0.15) is 4.31 Å². The van der Waals surface area contributed by atoms with Crippen molar-refractivity contribution in [3.8, 4) is 0 Å². The molecule has 0 saturated carbocycles. The van der Waals surface area contributed by atoms with Crippen LogP contribution in [0.25, 0.3) is 0 Å². The summed E-state index contributed by atoms with van der Waals surface area (Å²) in [6, 6.07) is 13.1. The van der Waals surface area contributed by atoms with Crippen molar-refractivity contribution >= 4 is 26.0 Å². The van der Waals surface area contributed by atoms with E-state index < -0.39 is 10.0 Å². The van der Waals surface area contributed by atoms with Crippen LogP contribution < -0.4 is 0 Å². The molecule has 24 heavy (non-hydrogen) atoms. The molecule has 1 fully saturated rings. The molecule has 2 aromatic carbocycles. The van der Waals surface area contributed by atoms with Gasteiger partial charge in [-0.1, -0.05) is 34.5 Å². The Morgan fingerprint density at radius 3 is 2.33 bits per heavy atom. The van der Waals surface area contributed by atoms with Crippen molar-refractivity contribution in [2.75, 3.05) is 13.1 Å². The summed E-state index contributed by atoms with van der Waals surface area (Å²) in [5.41, 5.74) is 0.995. The molecule has 0 N–H and O–H groups in total. The number of nitrogens with zero attached hydrogens (tertiary/aromatic N) is 1. The zero-order chi connectivity index (χ0) is 17.2. The standard InChI is InChI=1S/C18H19BrFNO2S/c19-16-6-10-18(11-7-16)24(22,23)21-12-2-1-3-15(13-21)14-4-8-17(20)9-5-14/h4-11,15H,1-3,12-13H2. The molecule has 1 heterocycles. The molecule has 1 aliphatic heterocycles. The van der Waals surface area contributed by atoms with Crippen LogP contribution in [0, 0.1) is 5.82 Å². The van der Waals surface area contributed by atoms with E-state index in [1.165, 1.54) is 12.1 Å². The van der Waals surface area contributed by atoms with Gasteiger partial charge in [-0.05, 0) is 60.7 Å². The van der Waals surface area contributed by atoms with Crippen LogP contribution in [0.4, 0.5) is 4.39 Å². The minimum Gasteiger partial charge on any atom is -0.207 e. The van der Waals surface area contributed by atoms with Gasteiger partial charge in [-0.15, -0.1) is 0 Å². The molecule has 6 heteroatoms. The fourth-order valence-electron chi connectivity index (χ4n) is 3.09. The van der Waals surface area contributed by atoms with Crippen LogP contribution in [0.3, 0.4) is 0 Å². The fraction of sp³-hybridized carbons (Fsp3) is 0.333. The van der Waals surface area contributed by atoms with E-state index in [9.17, 15) is 12.8 Å². The summed E-state index contributed by atoms with van der Waals surface area (Å²) in [5.74, 6) is -0.176. The minimum absolute atomic E-state index is 0.0957. The van der Waals surface area contributed by atoms with Crippen LogP contribution in [0.2, 0.25) is 0 Å². The second-order valence-corrected chi connectivity index (χ2v) is 8.91. The maximum Gasteiger partial charge on any atom is 0.243 e. The lowest BCUT2D eigenvalue weighted by molar-refractivity contribution is 0.406. The van der Waals surface area contributed by atoms with Crippen LogP contribution in [-0.2, 0) is 10.0 Å². The van der Waals surface area contributed by atoms with E-state index in [0.29, 0.717) is 18.0 Å². The number of benzene rings is 2. The molecule has 2 aromatic rings. The fourth-order valence-corrected chi connectivity index (χ4v) is 4.88. The molecule has 3 rings (SSSR count). The molecule has 0 radical (unpaired) electrons. The lowest BCUT2D eigenvalue weighted by atomic mass is 9.95. The summed E-state index contributed by atoms with van der Waals surface area (Å²) in [7, 11) is -3.51. The third-order valence-corrected chi connectivity index (χ3v) is 6.83. The lowest BCUT2D eigenvalue weighted by Crippen LogP contribution is -2.34. The quantitative estimate of drug-likeness (QED) is 0.742. The Labute approximate surface area is 150 Å². The molecule has 1 saturated heterocycles. The van der Waals surface area contributed by atoms with Gasteiger partial charge in [0.2, 0.25) is 10.0 Å². The third kappa shape index (κ3) is 3.87. The average Bonchev–Trinajstić information content (AvgIpc) is 2.83.